The molecule has 290 valence electrons. The third-order valence-corrected chi connectivity index (χ3v) is 10.6. The Balaban J connectivity index is 2.21. The second kappa shape index (κ2) is 20.7. The van der Waals surface area contributed by atoms with Crippen molar-refractivity contribution in [2.45, 2.75) is 117 Å². The van der Waals surface area contributed by atoms with Crippen LogP contribution in [0.15, 0.2) is 24.3 Å². The van der Waals surface area contributed by atoms with E-state index in [4.69, 9.17) is 15.2 Å². The number of likely N-dealkylation sites (tertiary alicyclic amines) is 1. The van der Waals surface area contributed by atoms with Gasteiger partial charge in [-0.1, -0.05) is 67.0 Å². The molecule has 6 unspecified atom stereocenters. The van der Waals surface area contributed by atoms with Crippen molar-refractivity contribution >= 4 is 29.3 Å². The zero-order valence-corrected chi connectivity index (χ0v) is 33.4. The normalized spacial score (nSPS) is 19.0. The summed E-state index contributed by atoms with van der Waals surface area (Å²) in [5.74, 6) is -1.21. The highest BCUT2D eigenvalue weighted by molar-refractivity contribution is 5.90. The Morgan fingerprint density at radius 2 is 1.57 bits per heavy atom. The number of benzene rings is 1. The monoisotopic (exact) mass is 717 g/mol. The van der Waals surface area contributed by atoms with Crippen LogP contribution in [0, 0.1) is 23.7 Å². The van der Waals surface area contributed by atoms with Crippen molar-refractivity contribution in [2.24, 2.45) is 23.7 Å². The van der Waals surface area contributed by atoms with Crippen LogP contribution in [-0.4, -0.2) is 123 Å². The second-order valence-electron chi connectivity index (χ2n) is 15.3. The number of rotatable bonds is 20. The number of carbonyl (C=O) groups is 4. The maximum absolute atomic E-state index is 14.2. The summed E-state index contributed by atoms with van der Waals surface area (Å²) in [6.45, 7) is 14.8. The third kappa shape index (κ3) is 11.9. The third-order valence-electron chi connectivity index (χ3n) is 10.6. The van der Waals surface area contributed by atoms with E-state index < -0.39 is 30.2 Å². The summed E-state index contributed by atoms with van der Waals surface area (Å²) in [5, 5.41) is 6.07. The molecule has 1 aromatic carbocycles. The van der Waals surface area contributed by atoms with Gasteiger partial charge < -0.3 is 35.6 Å². The summed E-state index contributed by atoms with van der Waals surface area (Å²) in [4.78, 5) is 60.3. The van der Waals surface area contributed by atoms with Gasteiger partial charge >= 0.3 is 0 Å². The summed E-state index contributed by atoms with van der Waals surface area (Å²) >= 11 is 0. The summed E-state index contributed by atoms with van der Waals surface area (Å²) in [6.07, 6.45) is 1.93. The van der Waals surface area contributed by atoms with Gasteiger partial charge in [-0.3, -0.25) is 24.1 Å². The summed E-state index contributed by atoms with van der Waals surface area (Å²) in [7, 11) is 8.64. The first kappa shape index (κ1) is 43.9. The number of carbonyl (C=O) groups excluding carboxylic acids is 4. The fourth-order valence-corrected chi connectivity index (χ4v) is 7.59. The topological polar surface area (TPSA) is 147 Å². The van der Waals surface area contributed by atoms with Crippen LogP contribution in [0.4, 0.5) is 5.69 Å². The van der Waals surface area contributed by atoms with Gasteiger partial charge in [0.05, 0.1) is 42.7 Å². The number of nitrogens with two attached hydrogens (primary N) is 1. The molecule has 0 bridgehead atoms. The zero-order valence-electron chi connectivity index (χ0n) is 33.4. The molecule has 4 N–H and O–H groups in total. The number of nitrogens with zero attached hydrogens (tertiary/aromatic N) is 3. The highest BCUT2D eigenvalue weighted by Crippen LogP contribution is 2.29. The highest BCUT2D eigenvalue weighted by atomic mass is 16.5. The van der Waals surface area contributed by atoms with Gasteiger partial charge in [0, 0.05) is 40.0 Å². The van der Waals surface area contributed by atoms with Gasteiger partial charge in [0.25, 0.3) is 0 Å². The molecule has 1 aliphatic rings. The van der Waals surface area contributed by atoms with E-state index in [1.54, 1.807) is 26.2 Å². The first-order valence-corrected chi connectivity index (χ1v) is 18.7. The quantitative estimate of drug-likeness (QED) is 0.174. The van der Waals surface area contributed by atoms with E-state index in [9.17, 15) is 19.2 Å². The zero-order chi connectivity index (χ0) is 38.6. The highest BCUT2D eigenvalue weighted by Gasteiger charge is 2.43. The Bertz CT molecular complexity index is 1250. The van der Waals surface area contributed by atoms with E-state index in [-0.39, 0.29) is 59.9 Å². The first-order chi connectivity index (χ1) is 24.0. The fourth-order valence-electron chi connectivity index (χ4n) is 7.59. The summed E-state index contributed by atoms with van der Waals surface area (Å²) < 4.78 is 11.9. The molecule has 1 aromatic rings. The molecular formula is C39H68N6O6. The van der Waals surface area contributed by atoms with E-state index in [1.807, 2.05) is 82.8 Å². The maximum atomic E-state index is 14.2. The fraction of sp³-hybridized carbons (Fsp3) is 0.744. The average Bonchev–Trinajstić information content (AvgIpc) is 3.56. The smallest absolute Gasteiger partial charge is 0.245 e. The Labute approximate surface area is 307 Å². The van der Waals surface area contributed by atoms with Crippen molar-refractivity contribution in [3.8, 4) is 0 Å². The SMILES string of the molecule is CCC(C)C(C(CC(=O)N1CCCC1C(OC)C(C)C(=O)NCCc1ccc(N)cc1)OC)N(C)C(=O)[C@@H](NC(=O)[C@H](C(C)C)N(C)C)C(C)C. The second-order valence-corrected chi connectivity index (χ2v) is 15.3. The minimum Gasteiger partial charge on any atom is -0.399 e. The first-order valence-electron chi connectivity index (χ1n) is 18.7. The molecule has 0 aliphatic carbocycles. The van der Waals surface area contributed by atoms with Crippen molar-refractivity contribution in [3.63, 3.8) is 0 Å². The van der Waals surface area contributed by atoms with Gasteiger partial charge in [0.2, 0.25) is 23.6 Å². The van der Waals surface area contributed by atoms with Crippen LogP contribution in [0.25, 0.3) is 0 Å². The van der Waals surface area contributed by atoms with E-state index in [1.165, 1.54) is 0 Å². The molecule has 8 atom stereocenters. The number of amides is 4. The molecule has 1 saturated heterocycles. The Morgan fingerprint density at radius 3 is 2.08 bits per heavy atom. The van der Waals surface area contributed by atoms with Crippen LogP contribution in [-0.2, 0) is 35.1 Å². The molecule has 2 rings (SSSR count). The summed E-state index contributed by atoms with van der Waals surface area (Å²) in [5.41, 5.74) is 7.57. The standard InChI is InChI=1S/C39H68N6O6/c1-13-26(6)35(44(10)39(49)33(24(2)3)42-38(48)34(25(4)5)43(8)9)31(50-11)23-32(46)45-22-14-15-30(45)36(51-12)27(7)37(47)41-21-20-28-16-18-29(40)19-17-28/h16-19,24-27,30-31,33-36H,13-15,20-23,40H2,1-12H3,(H,41,47)(H,42,48)/t26?,27?,30?,31?,33-,34-,35?,36?/m0/s1. The average molecular weight is 717 g/mol. The van der Waals surface area contributed by atoms with Crippen molar-refractivity contribution in [1.29, 1.82) is 0 Å². The predicted molar refractivity (Wildman–Crippen MR) is 203 cm³/mol. The molecule has 0 spiro atoms. The van der Waals surface area contributed by atoms with Crippen LogP contribution in [0.1, 0.15) is 79.7 Å². The van der Waals surface area contributed by atoms with E-state index in [2.05, 4.69) is 24.5 Å². The van der Waals surface area contributed by atoms with Gasteiger partial charge in [-0.25, -0.2) is 0 Å². The largest absolute Gasteiger partial charge is 0.399 e. The molecule has 12 nitrogen and oxygen atoms in total. The van der Waals surface area contributed by atoms with Crippen molar-refractivity contribution < 1.29 is 28.7 Å². The number of anilines is 1. The lowest BCUT2D eigenvalue weighted by molar-refractivity contribution is -0.148. The minimum atomic E-state index is -0.743. The van der Waals surface area contributed by atoms with Crippen molar-refractivity contribution in [2.75, 3.05) is 54.2 Å². The Kier molecular flexibility index (Phi) is 17.9. The molecule has 1 aliphatic heterocycles. The minimum absolute atomic E-state index is 0.00320. The van der Waals surface area contributed by atoms with Crippen LogP contribution in [0.2, 0.25) is 0 Å². The van der Waals surface area contributed by atoms with E-state index >= 15 is 0 Å². The van der Waals surface area contributed by atoms with Crippen LogP contribution in [0.5, 0.6) is 0 Å². The lowest BCUT2D eigenvalue weighted by Gasteiger charge is -2.41. The number of ether oxygens (including phenoxy) is 2. The van der Waals surface area contributed by atoms with Crippen LogP contribution in [0.3, 0.4) is 0 Å². The lowest BCUT2D eigenvalue weighted by Crippen LogP contribution is -2.59. The number of methoxy groups -OCH3 is 2. The molecule has 12 heteroatoms. The molecule has 1 fully saturated rings. The predicted octanol–water partition coefficient (Wildman–Crippen LogP) is 3.57. The van der Waals surface area contributed by atoms with Gasteiger partial charge in [0.15, 0.2) is 0 Å². The van der Waals surface area contributed by atoms with Crippen LogP contribution >= 0.6 is 0 Å². The van der Waals surface area contributed by atoms with E-state index in [0.717, 1.165) is 24.8 Å². The molecule has 0 aromatic heterocycles. The van der Waals surface area contributed by atoms with E-state index in [0.29, 0.717) is 25.2 Å². The summed E-state index contributed by atoms with van der Waals surface area (Å²) in [6, 6.07) is 5.77. The molecule has 4 amide bonds. The van der Waals surface area contributed by atoms with Crippen LogP contribution < -0.4 is 16.4 Å². The molecule has 51 heavy (non-hydrogen) atoms. The van der Waals surface area contributed by atoms with Crippen molar-refractivity contribution in [1.82, 2.24) is 25.3 Å². The lowest BCUT2D eigenvalue weighted by atomic mass is 9.89. The van der Waals surface area contributed by atoms with Gasteiger partial charge in [-0.2, -0.15) is 0 Å². The number of hydrogen-bond acceptors (Lipinski definition) is 8. The van der Waals surface area contributed by atoms with Gasteiger partial charge in [0.1, 0.15) is 6.04 Å². The maximum Gasteiger partial charge on any atom is 0.245 e. The Morgan fingerprint density at radius 1 is 0.941 bits per heavy atom. The Hall–Kier alpha value is -3.22. The number of nitrogens with one attached hydrogen (secondary N) is 2. The number of nitrogen functional groups attached to an aromatic ring is 1. The van der Waals surface area contributed by atoms with Gasteiger partial charge in [-0.15, -0.1) is 0 Å². The molecule has 0 saturated carbocycles. The number of hydrogen-bond donors (Lipinski definition) is 3. The number of likely N-dealkylation sites (N-methyl/N-ethyl adjacent to an activating group) is 2. The molecular weight excluding hydrogens is 648 g/mol. The van der Waals surface area contributed by atoms with Gasteiger partial charge in [-0.05, 0) is 68.8 Å². The van der Waals surface area contributed by atoms with Crippen molar-refractivity contribution in [3.05, 3.63) is 29.8 Å². The molecule has 1 heterocycles. The molecule has 0 radical (unpaired) electrons.